The van der Waals surface area contributed by atoms with E-state index in [1.807, 2.05) is 0 Å². The SMILES string of the molecule is C=CCN(C)C(=O)Nc1cccnc1C(=O)O. The zero-order chi connectivity index (χ0) is 12.8. The van der Waals surface area contributed by atoms with Crippen molar-refractivity contribution in [3.8, 4) is 0 Å². The topological polar surface area (TPSA) is 82.5 Å². The van der Waals surface area contributed by atoms with Gasteiger partial charge in [-0.05, 0) is 12.1 Å². The fourth-order valence-corrected chi connectivity index (χ4v) is 1.16. The first-order valence-corrected chi connectivity index (χ1v) is 4.87. The van der Waals surface area contributed by atoms with E-state index in [4.69, 9.17) is 5.11 Å². The van der Waals surface area contributed by atoms with Gasteiger partial charge in [0.05, 0.1) is 5.69 Å². The van der Waals surface area contributed by atoms with Crippen LogP contribution in [0.2, 0.25) is 0 Å². The molecule has 0 saturated heterocycles. The van der Waals surface area contributed by atoms with Crippen molar-refractivity contribution in [3.63, 3.8) is 0 Å². The molecule has 1 rings (SSSR count). The van der Waals surface area contributed by atoms with Crippen molar-refractivity contribution in [2.45, 2.75) is 0 Å². The van der Waals surface area contributed by atoms with Crippen LogP contribution in [-0.4, -0.2) is 40.6 Å². The Morgan fingerprint density at radius 1 is 1.65 bits per heavy atom. The molecule has 0 bridgehead atoms. The zero-order valence-corrected chi connectivity index (χ0v) is 9.38. The van der Waals surface area contributed by atoms with Crippen molar-refractivity contribution in [2.24, 2.45) is 0 Å². The molecular weight excluding hydrogens is 222 g/mol. The van der Waals surface area contributed by atoms with Gasteiger partial charge in [0, 0.05) is 19.8 Å². The molecule has 2 N–H and O–H groups in total. The van der Waals surface area contributed by atoms with Crippen LogP contribution in [0.1, 0.15) is 10.5 Å². The number of hydrogen-bond donors (Lipinski definition) is 2. The Kier molecular flexibility index (Phi) is 4.21. The van der Waals surface area contributed by atoms with E-state index in [1.165, 1.54) is 17.2 Å². The highest BCUT2D eigenvalue weighted by Gasteiger charge is 2.14. The van der Waals surface area contributed by atoms with E-state index >= 15 is 0 Å². The number of aromatic carboxylic acids is 1. The van der Waals surface area contributed by atoms with Crippen LogP contribution in [0.25, 0.3) is 0 Å². The molecule has 90 valence electrons. The lowest BCUT2D eigenvalue weighted by Crippen LogP contribution is -2.32. The van der Waals surface area contributed by atoms with E-state index in [0.29, 0.717) is 6.54 Å². The lowest BCUT2D eigenvalue weighted by atomic mass is 10.3. The van der Waals surface area contributed by atoms with Gasteiger partial charge >= 0.3 is 12.0 Å². The van der Waals surface area contributed by atoms with Crippen LogP contribution in [0.15, 0.2) is 31.0 Å². The molecule has 0 unspecified atom stereocenters. The normalized spacial score (nSPS) is 9.47. The minimum atomic E-state index is -1.19. The smallest absolute Gasteiger partial charge is 0.356 e. The fraction of sp³-hybridized carbons (Fsp3) is 0.182. The van der Waals surface area contributed by atoms with Crippen LogP contribution in [0.3, 0.4) is 0 Å². The number of likely N-dealkylation sites (N-methyl/N-ethyl adjacent to an activating group) is 1. The van der Waals surface area contributed by atoms with Crippen molar-refractivity contribution >= 4 is 17.7 Å². The molecule has 0 aliphatic carbocycles. The Morgan fingerprint density at radius 2 is 2.35 bits per heavy atom. The van der Waals surface area contributed by atoms with Gasteiger partial charge in [0.2, 0.25) is 0 Å². The average Bonchev–Trinajstić information content (AvgIpc) is 2.29. The lowest BCUT2D eigenvalue weighted by Gasteiger charge is -2.16. The second-order valence-electron chi connectivity index (χ2n) is 3.30. The summed E-state index contributed by atoms with van der Waals surface area (Å²) in [6.45, 7) is 3.88. The summed E-state index contributed by atoms with van der Waals surface area (Å²) < 4.78 is 0. The number of nitrogens with one attached hydrogen (secondary N) is 1. The van der Waals surface area contributed by atoms with Crippen molar-refractivity contribution in [1.82, 2.24) is 9.88 Å². The Balaban J connectivity index is 2.84. The van der Waals surface area contributed by atoms with Crippen molar-refractivity contribution < 1.29 is 14.7 Å². The fourth-order valence-electron chi connectivity index (χ4n) is 1.16. The molecule has 0 aliphatic heterocycles. The van der Waals surface area contributed by atoms with Crippen LogP contribution in [-0.2, 0) is 0 Å². The van der Waals surface area contributed by atoms with Crippen LogP contribution >= 0.6 is 0 Å². The molecule has 6 nitrogen and oxygen atoms in total. The molecule has 1 aromatic rings. The number of aromatic nitrogens is 1. The molecule has 0 atom stereocenters. The molecule has 0 fully saturated rings. The van der Waals surface area contributed by atoms with Crippen LogP contribution in [0, 0.1) is 0 Å². The van der Waals surface area contributed by atoms with Crippen molar-refractivity contribution in [2.75, 3.05) is 18.9 Å². The molecule has 1 aromatic heterocycles. The third-order valence-corrected chi connectivity index (χ3v) is 2.00. The molecule has 17 heavy (non-hydrogen) atoms. The number of anilines is 1. The van der Waals surface area contributed by atoms with Gasteiger partial charge in [-0.3, -0.25) is 0 Å². The maximum absolute atomic E-state index is 11.6. The maximum atomic E-state index is 11.6. The van der Waals surface area contributed by atoms with Gasteiger partial charge in [-0.15, -0.1) is 6.58 Å². The van der Waals surface area contributed by atoms with Gasteiger partial charge in [-0.1, -0.05) is 6.08 Å². The third-order valence-electron chi connectivity index (χ3n) is 2.00. The number of rotatable bonds is 4. The zero-order valence-electron chi connectivity index (χ0n) is 9.38. The Bertz CT molecular complexity index is 445. The first-order valence-electron chi connectivity index (χ1n) is 4.87. The molecule has 6 heteroatoms. The monoisotopic (exact) mass is 235 g/mol. The minimum absolute atomic E-state index is 0.168. The second kappa shape index (κ2) is 5.64. The summed E-state index contributed by atoms with van der Waals surface area (Å²) in [6, 6.07) is 2.62. The summed E-state index contributed by atoms with van der Waals surface area (Å²) in [7, 11) is 1.58. The van der Waals surface area contributed by atoms with Crippen molar-refractivity contribution in [3.05, 3.63) is 36.7 Å². The molecule has 2 amide bonds. The summed E-state index contributed by atoms with van der Waals surface area (Å²) >= 11 is 0. The summed E-state index contributed by atoms with van der Waals surface area (Å²) in [4.78, 5) is 27.5. The number of amides is 2. The Labute approximate surface area is 98.6 Å². The summed E-state index contributed by atoms with van der Waals surface area (Å²) in [6.07, 6.45) is 2.92. The van der Waals surface area contributed by atoms with E-state index in [9.17, 15) is 9.59 Å². The maximum Gasteiger partial charge on any atom is 0.356 e. The quantitative estimate of drug-likeness (QED) is 0.773. The molecule has 0 saturated carbocycles. The number of pyridine rings is 1. The van der Waals surface area contributed by atoms with Gasteiger partial charge in [-0.25, -0.2) is 14.6 Å². The van der Waals surface area contributed by atoms with Gasteiger partial charge < -0.3 is 15.3 Å². The largest absolute Gasteiger partial charge is 0.476 e. The van der Waals surface area contributed by atoms with E-state index < -0.39 is 12.0 Å². The minimum Gasteiger partial charge on any atom is -0.476 e. The number of carboxylic acids is 1. The molecule has 0 aliphatic rings. The van der Waals surface area contributed by atoms with E-state index in [1.54, 1.807) is 19.2 Å². The highest BCUT2D eigenvalue weighted by atomic mass is 16.4. The standard InChI is InChI=1S/C11H13N3O3/c1-3-7-14(2)11(17)13-8-5-4-6-12-9(8)10(15)16/h3-6H,1,7H2,2H3,(H,13,17)(H,15,16). The number of carbonyl (C=O) groups excluding carboxylic acids is 1. The Hall–Kier alpha value is -2.37. The molecule has 0 spiro atoms. The average molecular weight is 235 g/mol. The number of carboxylic acid groups (broad SMARTS) is 1. The Morgan fingerprint density at radius 3 is 2.94 bits per heavy atom. The van der Waals surface area contributed by atoms with E-state index in [-0.39, 0.29) is 11.4 Å². The third kappa shape index (κ3) is 3.30. The summed E-state index contributed by atoms with van der Waals surface area (Å²) in [5.74, 6) is -1.19. The van der Waals surface area contributed by atoms with E-state index in [0.717, 1.165) is 0 Å². The molecule has 0 radical (unpaired) electrons. The number of carbonyl (C=O) groups is 2. The van der Waals surface area contributed by atoms with Gasteiger partial charge in [0.1, 0.15) is 0 Å². The number of hydrogen-bond acceptors (Lipinski definition) is 3. The van der Waals surface area contributed by atoms with Gasteiger partial charge in [0.25, 0.3) is 0 Å². The highest BCUT2D eigenvalue weighted by molar-refractivity contribution is 5.98. The van der Waals surface area contributed by atoms with Crippen molar-refractivity contribution in [1.29, 1.82) is 0 Å². The first-order chi connectivity index (χ1) is 8.06. The summed E-state index contributed by atoms with van der Waals surface area (Å²) in [5, 5.41) is 11.3. The number of nitrogens with zero attached hydrogens (tertiary/aromatic N) is 2. The van der Waals surface area contributed by atoms with E-state index in [2.05, 4.69) is 16.9 Å². The lowest BCUT2D eigenvalue weighted by molar-refractivity contribution is 0.0691. The van der Waals surface area contributed by atoms with Crippen LogP contribution < -0.4 is 5.32 Å². The highest BCUT2D eigenvalue weighted by Crippen LogP contribution is 2.12. The second-order valence-corrected chi connectivity index (χ2v) is 3.30. The molecular formula is C11H13N3O3. The van der Waals surface area contributed by atoms with Crippen LogP contribution in [0.5, 0.6) is 0 Å². The molecule has 1 heterocycles. The summed E-state index contributed by atoms with van der Waals surface area (Å²) in [5.41, 5.74) is -0.0197. The van der Waals surface area contributed by atoms with Gasteiger partial charge in [-0.2, -0.15) is 0 Å². The number of urea groups is 1. The van der Waals surface area contributed by atoms with Crippen LogP contribution in [0.4, 0.5) is 10.5 Å². The molecule has 0 aromatic carbocycles. The van der Waals surface area contributed by atoms with Gasteiger partial charge in [0.15, 0.2) is 5.69 Å². The predicted octanol–water partition coefficient (Wildman–Crippen LogP) is 1.43. The first kappa shape index (κ1) is 12.7. The predicted molar refractivity (Wildman–Crippen MR) is 63.0 cm³/mol.